The van der Waals surface area contributed by atoms with Crippen LogP contribution in [0.3, 0.4) is 0 Å². The van der Waals surface area contributed by atoms with Crippen LogP contribution >= 0.6 is 11.6 Å². The molecule has 108 valence electrons. The summed E-state index contributed by atoms with van der Waals surface area (Å²) in [5, 5.41) is -0.103. The van der Waals surface area contributed by atoms with E-state index in [-0.39, 0.29) is 5.38 Å². The summed E-state index contributed by atoms with van der Waals surface area (Å²) in [4.78, 5) is 9.16. The first-order chi connectivity index (χ1) is 9.26. The van der Waals surface area contributed by atoms with Crippen molar-refractivity contribution in [2.45, 2.75) is 46.5 Å². The molecular weight excluding hydrogens is 270 g/mol. The van der Waals surface area contributed by atoms with Gasteiger partial charge in [0.05, 0.1) is 5.38 Å². The number of hydrogen-bond acceptors (Lipinski definition) is 2. The molecule has 0 N–H and O–H groups in total. The molecule has 1 fully saturated rings. The van der Waals surface area contributed by atoms with E-state index in [9.17, 15) is 0 Å². The SMILES string of the molecule is CC(Cl)c1nc2cccnc2n1CC1C(C)(C)C1(C)C. The highest BCUT2D eigenvalue weighted by molar-refractivity contribution is 6.20. The third-order valence-corrected chi connectivity index (χ3v) is 5.77. The molecule has 3 nitrogen and oxygen atoms in total. The number of pyridine rings is 1. The first-order valence-electron chi connectivity index (χ1n) is 7.22. The fourth-order valence-electron chi connectivity index (χ4n) is 3.43. The number of nitrogens with zero attached hydrogens (tertiary/aromatic N) is 3. The van der Waals surface area contributed by atoms with Crippen molar-refractivity contribution in [3.05, 3.63) is 24.2 Å². The van der Waals surface area contributed by atoms with Crippen molar-refractivity contribution >= 4 is 22.8 Å². The van der Waals surface area contributed by atoms with Gasteiger partial charge < -0.3 is 4.57 Å². The van der Waals surface area contributed by atoms with Gasteiger partial charge in [0.15, 0.2) is 5.65 Å². The minimum atomic E-state index is -0.103. The third kappa shape index (κ3) is 1.79. The first-order valence-corrected chi connectivity index (χ1v) is 7.65. The van der Waals surface area contributed by atoms with Gasteiger partial charge in [-0.3, -0.25) is 0 Å². The van der Waals surface area contributed by atoms with E-state index in [0.29, 0.717) is 16.7 Å². The van der Waals surface area contributed by atoms with Crippen molar-refractivity contribution in [2.75, 3.05) is 0 Å². The standard InChI is InChI=1S/C16H22ClN3/c1-10(17)13-19-11-7-6-8-18-14(11)20(13)9-12-15(2,3)16(12,4)5/h6-8,10,12H,9H2,1-5H3. The summed E-state index contributed by atoms with van der Waals surface area (Å²) in [7, 11) is 0. The van der Waals surface area contributed by atoms with Crippen molar-refractivity contribution in [2.24, 2.45) is 16.7 Å². The second kappa shape index (κ2) is 4.20. The maximum atomic E-state index is 6.31. The highest BCUT2D eigenvalue weighted by atomic mass is 35.5. The molecule has 4 heteroatoms. The van der Waals surface area contributed by atoms with E-state index in [4.69, 9.17) is 11.6 Å². The van der Waals surface area contributed by atoms with E-state index in [1.165, 1.54) is 0 Å². The maximum absolute atomic E-state index is 6.31. The average Bonchev–Trinajstić information content (AvgIpc) is 2.70. The molecule has 0 aliphatic heterocycles. The van der Waals surface area contributed by atoms with Gasteiger partial charge in [-0.05, 0) is 35.8 Å². The normalized spacial score (nSPS) is 22.1. The minimum absolute atomic E-state index is 0.103. The molecule has 1 aliphatic rings. The van der Waals surface area contributed by atoms with Crippen molar-refractivity contribution < 1.29 is 0 Å². The molecule has 0 bridgehead atoms. The molecule has 2 aromatic rings. The average molecular weight is 292 g/mol. The van der Waals surface area contributed by atoms with Crippen LogP contribution in [0.1, 0.15) is 45.8 Å². The summed E-state index contributed by atoms with van der Waals surface area (Å²) < 4.78 is 2.22. The fourth-order valence-corrected chi connectivity index (χ4v) is 3.60. The molecular formula is C16H22ClN3. The Labute approximate surface area is 125 Å². The van der Waals surface area contributed by atoms with Gasteiger partial charge in [-0.2, -0.15) is 0 Å². The van der Waals surface area contributed by atoms with Gasteiger partial charge in [0.1, 0.15) is 11.3 Å². The predicted octanol–water partition coefficient (Wildman–Crippen LogP) is 4.41. The number of hydrogen-bond donors (Lipinski definition) is 0. The quantitative estimate of drug-likeness (QED) is 0.784. The topological polar surface area (TPSA) is 30.7 Å². The van der Waals surface area contributed by atoms with Gasteiger partial charge in [0.25, 0.3) is 0 Å². The lowest BCUT2D eigenvalue weighted by Gasteiger charge is -2.11. The summed E-state index contributed by atoms with van der Waals surface area (Å²) in [6, 6.07) is 3.93. The Morgan fingerprint density at radius 3 is 2.50 bits per heavy atom. The molecule has 0 amide bonds. The van der Waals surface area contributed by atoms with E-state index in [1.807, 2.05) is 25.3 Å². The fraction of sp³-hybridized carbons (Fsp3) is 0.625. The highest BCUT2D eigenvalue weighted by Gasteiger charge is 2.64. The molecule has 20 heavy (non-hydrogen) atoms. The zero-order valence-electron chi connectivity index (χ0n) is 12.8. The Morgan fingerprint density at radius 1 is 1.30 bits per heavy atom. The Bertz CT molecular complexity index is 641. The summed E-state index contributed by atoms with van der Waals surface area (Å²) in [6.07, 6.45) is 1.83. The van der Waals surface area contributed by atoms with Gasteiger partial charge in [0, 0.05) is 12.7 Å². The molecule has 0 saturated heterocycles. The number of aromatic nitrogens is 3. The van der Waals surface area contributed by atoms with Gasteiger partial charge in [-0.1, -0.05) is 27.7 Å². The van der Waals surface area contributed by atoms with Crippen LogP contribution in [0.4, 0.5) is 0 Å². The highest BCUT2D eigenvalue weighted by Crippen LogP contribution is 2.69. The molecule has 0 radical (unpaired) electrons. The van der Waals surface area contributed by atoms with Crippen molar-refractivity contribution in [3.8, 4) is 0 Å². The Hall–Kier alpha value is -1.09. The molecule has 1 aliphatic carbocycles. The zero-order chi connectivity index (χ0) is 14.7. The summed E-state index contributed by atoms with van der Waals surface area (Å²) in [5.41, 5.74) is 2.59. The monoisotopic (exact) mass is 291 g/mol. The third-order valence-electron chi connectivity index (χ3n) is 5.57. The predicted molar refractivity (Wildman–Crippen MR) is 82.8 cm³/mol. The van der Waals surface area contributed by atoms with Crippen molar-refractivity contribution in [3.63, 3.8) is 0 Å². The molecule has 2 heterocycles. The molecule has 0 spiro atoms. The molecule has 1 unspecified atom stereocenters. The van der Waals surface area contributed by atoms with E-state index >= 15 is 0 Å². The number of rotatable bonds is 3. The van der Waals surface area contributed by atoms with Gasteiger partial charge in [0.2, 0.25) is 0 Å². The summed E-state index contributed by atoms with van der Waals surface area (Å²) in [5.74, 6) is 1.56. The van der Waals surface area contributed by atoms with Gasteiger partial charge in [-0.15, -0.1) is 11.6 Å². The Morgan fingerprint density at radius 2 is 1.95 bits per heavy atom. The van der Waals surface area contributed by atoms with Crippen LogP contribution in [0.15, 0.2) is 18.3 Å². The first kappa shape index (κ1) is 13.9. The Balaban J connectivity index is 2.05. The zero-order valence-corrected chi connectivity index (χ0v) is 13.6. The van der Waals surface area contributed by atoms with Crippen LogP contribution in [-0.2, 0) is 6.54 Å². The van der Waals surface area contributed by atoms with Crippen LogP contribution in [0, 0.1) is 16.7 Å². The second-order valence-electron chi connectivity index (χ2n) is 7.04. The smallest absolute Gasteiger partial charge is 0.160 e. The largest absolute Gasteiger partial charge is 0.311 e. The van der Waals surface area contributed by atoms with Gasteiger partial charge in [-0.25, -0.2) is 9.97 Å². The maximum Gasteiger partial charge on any atom is 0.160 e. The van der Waals surface area contributed by atoms with Crippen LogP contribution in [0.5, 0.6) is 0 Å². The lowest BCUT2D eigenvalue weighted by molar-refractivity contribution is 0.457. The van der Waals surface area contributed by atoms with Crippen LogP contribution in [-0.4, -0.2) is 14.5 Å². The minimum Gasteiger partial charge on any atom is -0.311 e. The number of halogens is 1. The van der Waals surface area contributed by atoms with Crippen LogP contribution < -0.4 is 0 Å². The lowest BCUT2D eigenvalue weighted by atomic mass is 10.0. The van der Waals surface area contributed by atoms with Crippen molar-refractivity contribution in [1.82, 2.24) is 14.5 Å². The molecule has 0 aromatic carbocycles. The van der Waals surface area contributed by atoms with E-state index in [2.05, 4.69) is 42.2 Å². The van der Waals surface area contributed by atoms with E-state index < -0.39 is 0 Å². The summed E-state index contributed by atoms with van der Waals surface area (Å²) >= 11 is 6.31. The number of alkyl halides is 1. The summed E-state index contributed by atoms with van der Waals surface area (Å²) in [6.45, 7) is 12.3. The Kier molecular flexibility index (Phi) is 2.91. The molecule has 2 aromatic heterocycles. The number of fused-ring (bicyclic) bond motifs is 1. The lowest BCUT2D eigenvalue weighted by Crippen LogP contribution is -2.09. The number of imidazole rings is 1. The molecule has 1 saturated carbocycles. The molecule has 1 atom stereocenters. The van der Waals surface area contributed by atoms with Crippen LogP contribution in [0.25, 0.3) is 11.2 Å². The van der Waals surface area contributed by atoms with Crippen LogP contribution in [0.2, 0.25) is 0 Å². The van der Waals surface area contributed by atoms with Gasteiger partial charge >= 0.3 is 0 Å². The van der Waals surface area contributed by atoms with Crippen molar-refractivity contribution in [1.29, 1.82) is 0 Å². The second-order valence-corrected chi connectivity index (χ2v) is 7.69. The molecule has 3 rings (SSSR count). The van der Waals surface area contributed by atoms with E-state index in [1.54, 1.807) is 0 Å². The van der Waals surface area contributed by atoms with E-state index in [0.717, 1.165) is 23.5 Å².